The predicted molar refractivity (Wildman–Crippen MR) is 119 cm³/mol. The van der Waals surface area contributed by atoms with Gasteiger partial charge in [0.15, 0.2) is 11.5 Å². The molecule has 3 rings (SSSR count). The number of anilines is 1. The van der Waals surface area contributed by atoms with E-state index in [9.17, 15) is 14.4 Å². The lowest BCUT2D eigenvalue weighted by Gasteiger charge is -2.12. The summed E-state index contributed by atoms with van der Waals surface area (Å²) in [7, 11) is 3.04. The lowest BCUT2D eigenvalue weighted by Crippen LogP contribution is -2.13. The van der Waals surface area contributed by atoms with Crippen LogP contribution in [-0.4, -0.2) is 20.1 Å². The molecule has 32 heavy (non-hydrogen) atoms. The number of benzene rings is 3. The Kier molecular flexibility index (Phi) is 7.44. The smallest absolute Gasteiger partial charge is 0.266 e. The van der Waals surface area contributed by atoms with Gasteiger partial charge in [-0.05, 0) is 65.7 Å². The zero-order valence-corrected chi connectivity index (χ0v) is 17.6. The van der Waals surface area contributed by atoms with Gasteiger partial charge in [0.05, 0.1) is 14.2 Å². The second-order valence-electron chi connectivity index (χ2n) is 6.68. The number of ether oxygens (including phenoxy) is 3. The van der Waals surface area contributed by atoms with Crippen molar-refractivity contribution in [3.8, 4) is 23.3 Å². The molecular formula is C25H21FN2O4. The molecule has 162 valence electrons. The summed E-state index contributed by atoms with van der Waals surface area (Å²) in [4.78, 5) is 12.5. The molecule has 6 nitrogen and oxygen atoms in total. The third-order valence-corrected chi connectivity index (χ3v) is 4.50. The maximum absolute atomic E-state index is 13.3. The Labute approximate surface area is 185 Å². The topological polar surface area (TPSA) is 80.6 Å². The molecule has 7 heteroatoms. The van der Waals surface area contributed by atoms with Crippen molar-refractivity contribution in [3.63, 3.8) is 0 Å². The Bertz CT molecular complexity index is 1170. The molecular weight excluding hydrogens is 411 g/mol. The molecule has 3 aromatic rings. The van der Waals surface area contributed by atoms with Crippen LogP contribution in [0.3, 0.4) is 0 Å². The number of hydrogen-bond donors (Lipinski definition) is 1. The van der Waals surface area contributed by atoms with E-state index in [1.54, 1.807) is 61.7 Å². The largest absolute Gasteiger partial charge is 0.497 e. The number of halogens is 1. The summed E-state index contributed by atoms with van der Waals surface area (Å²) >= 11 is 0. The molecule has 1 amide bonds. The lowest BCUT2D eigenvalue weighted by atomic mass is 10.1. The highest BCUT2D eigenvalue weighted by Gasteiger charge is 2.12. The zero-order valence-electron chi connectivity index (χ0n) is 17.6. The molecule has 0 bridgehead atoms. The Morgan fingerprint density at radius 1 is 1.03 bits per heavy atom. The molecule has 0 saturated heterocycles. The van der Waals surface area contributed by atoms with Crippen LogP contribution in [0.15, 0.2) is 72.3 Å². The monoisotopic (exact) mass is 432 g/mol. The zero-order chi connectivity index (χ0) is 22.9. The van der Waals surface area contributed by atoms with Crippen molar-refractivity contribution in [2.24, 2.45) is 0 Å². The van der Waals surface area contributed by atoms with E-state index in [0.29, 0.717) is 34.1 Å². The molecule has 0 fully saturated rings. The summed E-state index contributed by atoms with van der Waals surface area (Å²) in [6.45, 7) is 0.164. The third kappa shape index (κ3) is 5.86. The fourth-order valence-corrected chi connectivity index (χ4v) is 2.87. The molecule has 0 saturated carbocycles. The summed E-state index contributed by atoms with van der Waals surface area (Å²) in [6.07, 6.45) is 1.46. The van der Waals surface area contributed by atoms with Crippen LogP contribution in [0.25, 0.3) is 6.08 Å². The fourth-order valence-electron chi connectivity index (χ4n) is 2.87. The number of carbonyl (C=O) groups is 1. The molecule has 0 aliphatic carbocycles. The van der Waals surface area contributed by atoms with Crippen molar-refractivity contribution < 1.29 is 23.4 Å². The first-order valence-electron chi connectivity index (χ1n) is 9.65. The maximum atomic E-state index is 13.3. The molecule has 0 aromatic heterocycles. The Morgan fingerprint density at radius 3 is 2.47 bits per heavy atom. The van der Waals surface area contributed by atoms with Gasteiger partial charge in [-0.25, -0.2) is 4.39 Å². The predicted octanol–water partition coefficient (Wildman–Crippen LogP) is 4.97. The van der Waals surface area contributed by atoms with Gasteiger partial charge in [0.1, 0.15) is 29.8 Å². The molecule has 0 aliphatic heterocycles. The van der Waals surface area contributed by atoms with Crippen LogP contribution in [0.5, 0.6) is 17.2 Å². The number of rotatable bonds is 8. The summed E-state index contributed by atoms with van der Waals surface area (Å²) in [5, 5.41) is 12.1. The van der Waals surface area contributed by atoms with Gasteiger partial charge in [-0.1, -0.05) is 18.2 Å². The van der Waals surface area contributed by atoms with Crippen LogP contribution < -0.4 is 19.5 Å². The third-order valence-electron chi connectivity index (χ3n) is 4.50. The molecule has 0 heterocycles. The van der Waals surface area contributed by atoms with Crippen molar-refractivity contribution in [3.05, 3.63) is 89.2 Å². The van der Waals surface area contributed by atoms with E-state index < -0.39 is 5.91 Å². The van der Waals surface area contributed by atoms with Crippen LogP contribution in [0.4, 0.5) is 10.1 Å². The minimum Gasteiger partial charge on any atom is -0.497 e. The number of carbonyl (C=O) groups excluding carboxylic acids is 1. The fraction of sp³-hybridized carbons (Fsp3) is 0.120. The van der Waals surface area contributed by atoms with E-state index in [1.807, 2.05) is 6.07 Å². The highest BCUT2D eigenvalue weighted by atomic mass is 19.1. The van der Waals surface area contributed by atoms with E-state index in [-0.39, 0.29) is 18.0 Å². The molecule has 0 unspecified atom stereocenters. The second-order valence-corrected chi connectivity index (χ2v) is 6.68. The number of amides is 1. The van der Waals surface area contributed by atoms with Crippen molar-refractivity contribution >= 4 is 17.7 Å². The highest BCUT2D eigenvalue weighted by Crippen LogP contribution is 2.30. The van der Waals surface area contributed by atoms with Gasteiger partial charge in [0.25, 0.3) is 5.91 Å². The van der Waals surface area contributed by atoms with Gasteiger partial charge in [-0.15, -0.1) is 0 Å². The number of hydrogen-bond acceptors (Lipinski definition) is 5. The summed E-state index contributed by atoms with van der Waals surface area (Å²) < 4.78 is 29.5. The van der Waals surface area contributed by atoms with E-state index >= 15 is 0 Å². The molecule has 3 aromatic carbocycles. The summed E-state index contributed by atoms with van der Waals surface area (Å²) in [6, 6.07) is 19.8. The number of nitrogens with one attached hydrogen (secondary N) is 1. The molecule has 1 N–H and O–H groups in total. The average molecular weight is 432 g/mol. The van der Waals surface area contributed by atoms with Crippen molar-refractivity contribution in [2.45, 2.75) is 6.61 Å². The SMILES string of the molecule is COc1ccc(NC(=O)/C(C#N)=C\c2ccc(OCc3cccc(F)c3)c(OC)c2)cc1. The second kappa shape index (κ2) is 10.6. The first-order valence-corrected chi connectivity index (χ1v) is 9.65. The van der Waals surface area contributed by atoms with Crippen molar-refractivity contribution in [1.82, 2.24) is 0 Å². The van der Waals surface area contributed by atoms with E-state index in [2.05, 4.69) is 5.32 Å². The lowest BCUT2D eigenvalue weighted by molar-refractivity contribution is -0.112. The van der Waals surface area contributed by atoms with Crippen molar-refractivity contribution in [1.29, 1.82) is 5.26 Å². The first kappa shape index (κ1) is 22.4. The molecule has 0 atom stereocenters. The molecule has 0 radical (unpaired) electrons. The standard InChI is InChI=1S/C25H21FN2O4/c1-30-22-9-7-21(8-10-22)28-25(29)19(15-27)12-17-6-11-23(24(14-17)31-2)32-16-18-4-3-5-20(26)13-18/h3-14H,16H2,1-2H3,(H,28,29)/b19-12-. The van der Waals surface area contributed by atoms with Crippen LogP contribution in [-0.2, 0) is 11.4 Å². The van der Waals surface area contributed by atoms with E-state index in [1.165, 1.54) is 25.3 Å². The molecule has 0 spiro atoms. The van der Waals surface area contributed by atoms with Crippen LogP contribution in [0.2, 0.25) is 0 Å². The Morgan fingerprint density at radius 2 is 1.81 bits per heavy atom. The van der Waals surface area contributed by atoms with E-state index in [0.717, 1.165) is 0 Å². The van der Waals surface area contributed by atoms with Gasteiger partial charge >= 0.3 is 0 Å². The minimum absolute atomic E-state index is 0.0729. The highest BCUT2D eigenvalue weighted by molar-refractivity contribution is 6.09. The van der Waals surface area contributed by atoms with Gasteiger partial charge < -0.3 is 19.5 Å². The Balaban J connectivity index is 1.73. The maximum Gasteiger partial charge on any atom is 0.266 e. The van der Waals surface area contributed by atoms with Gasteiger partial charge in [-0.2, -0.15) is 5.26 Å². The number of nitrogens with zero attached hydrogens (tertiary/aromatic N) is 1. The number of nitriles is 1. The number of methoxy groups -OCH3 is 2. The van der Waals surface area contributed by atoms with Gasteiger partial charge in [0.2, 0.25) is 0 Å². The van der Waals surface area contributed by atoms with Crippen LogP contribution in [0.1, 0.15) is 11.1 Å². The molecule has 0 aliphatic rings. The summed E-state index contributed by atoms with van der Waals surface area (Å²) in [5.74, 6) is 0.655. The normalized spacial score (nSPS) is 10.8. The van der Waals surface area contributed by atoms with Gasteiger partial charge in [0, 0.05) is 5.69 Å². The quantitative estimate of drug-likeness (QED) is 0.402. The summed E-state index contributed by atoms with van der Waals surface area (Å²) in [5.41, 5.74) is 1.73. The average Bonchev–Trinajstić information content (AvgIpc) is 2.82. The van der Waals surface area contributed by atoms with E-state index in [4.69, 9.17) is 14.2 Å². The first-order chi connectivity index (χ1) is 15.5. The minimum atomic E-state index is -0.539. The van der Waals surface area contributed by atoms with Crippen molar-refractivity contribution in [2.75, 3.05) is 19.5 Å². The van der Waals surface area contributed by atoms with Gasteiger partial charge in [-0.3, -0.25) is 4.79 Å². The Hall–Kier alpha value is -4.31. The van der Waals surface area contributed by atoms with Crippen LogP contribution in [0, 0.1) is 17.1 Å². The van der Waals surface area contributed by atoms with Crippen LogP contribution >= 0.6 is 0 Å².